The van der Waals surface area contributed by atoms with Crippen molar-refractivity contribution in [1.29, 1.82) is 0 Å². The van der Waals surface area contributed by atoms with Crippen molar-refractivity contribution in [1.82, 2.24) is 0 Å². The van der Waals surface area contributed by atoms with Crippen LogP contribution in [-0.2, 0) is 0 Å². The molecule has 0 nitrogen and oxygen atoms in total. The third-order valence-electron chi connectivity index (χ3n) is 3.06. The first-order valence-corrected chi connectivity index (χ1v) is 13.6. The highest BCUT2D eigenvalue weighted by molar-refractivity contribution is 9.11. The van der Waals surface area contributed by atoms with E-state index in [0.717, 1.165) is 0 Å². The van der Waals surface area contributed by atoms with Crippen LogP contribution in [0.15, 0.2) is 15.9 Å². The van der Waals surface area contributed by atoms with Crippen molar-refractivity contribution < 1.29 is 0 Å². The Kier molecular flexibility index (Phi) is 3.27. The summed E-state index contributed by atoms with van der Waals surface area (Å²) in [7, 11) is -2.12. The normalized spacial score (nSPS) is 13.4. The molecule has 0 aliphatic rings. The first kappa shape index (κ1) is 11.7. The number of rotatable bonds is 2. The van der Waals surface area contributed by atoms with E-state index in [-0.39, 0.29) is 0 Å². The van der Waals surface area contributed by atoms with E-state index in [0.29, 0.717) is 0 Å². The maximum absolute atomic E-state index is 3.55. The molecule has 0 unspecified atom stereocenters. The molecular weight excluding hydrogens is 276 g/mol. The van der Waals surface area contributed by atoms with Crippen LogP contribution < -0.4 is 4.50 Å². The van der Waals surface area contributed by atoms with E-state index >= 15 is 0 Å². The summed E-state index contributed by atoms with van der Waals surface area (Å²) in [6, 6.07) is 4.51. The van der Waals surface area contributed by atoms with E-state index < -0.39 is 15.2 Å². The van der Waals surface area contributed by atoms with Crippen LogP contribution in [0, 0.1) is 0 Å². The zero-order valence-corrected chi connectivity index (χ0v) is 13.3. The molecule has 74 valence electrons. The van der Waals surface area contributed by atoms with E-state index in [4.69, 9.17) is 0 Å². The van der Waals surface area contributed by atoms with Gasteiger partial charge in [-0.25, -0.2) is 0 Å². The molecule has 0 atom stereocenters. The van der Waals surface area contributed by atoms with Gasteiger partial charge >= 0.3 is 0 Å². The van der Waals surface area contributed by atoms with E-state index in [1.165, 1.54) is 3.79 Å². The van der Waals surface area contributed by atoms with Crippen molar-refractivity contribution >= 4 is 46.9 Å². The highest BCUT2D eigenvalue weighted by atomic mass is 79.9. The quantitative estimate of drug-likeness (QED) is 0.727. The molecule has 0 amide bonds. The molecule has 1 heterocycles. The summed E-state index contributed by atoms with van der Waals surface area (Å²) in [5, 5.41) is 0. The highest BCUT2D eigenvalue weighted by Crippen LogP contribution is 2.24. The Balaban J connectivity index is 3.07. The van der Waals surface area contributed by atoms with Crippen LogP contribution in [0.1, 0.15) is 0 Å². The van der Waals surface area contributed by atoms with Crippen molar-refractivity contribution in [2.75, 3.05) is 0 Å². The van der Waals surface area contributed by atoms with Gasteiger partial charge in [0.15, 0.2) is 0 Å². The topological polar surface area (TPSA) is 0 Å². The van der Waals surface area contributed by atoms with Gasteiger partial charge in [0.1, 0.15) is 0 Å². The number of hydrogen-bond acceptors (Lipinski definition) is 1. The predicted octanol–water partition coefficient (Wildman–Crippen LogP) is 3.84. The van der Waals surface area contributed by atoms with Crippen molar-refractivity contribution in [3.05, 3.63) is 15.9 Å². The monoisotopic (exact) mass is 292 g/mol. The van der Waals surface area contributed by atoms with Gasteiger partial charge in [-0.3, -0.25) is 0 Å². The minimum Gasteiger partial charge on any atom is -0.138 e. The number of hydrogen-bond donors (Lipinski definition) is 0. The van der Waals surface area contributed by atoms with E-state index in [9.17, 15) is 0 Å². The average Bonchev–Trinajstić information content (AvgIpc) is 2.33. The van der Waals surface area contributed by atoms with Gasteiger partial charge in [0.05, 0.1) is 11.4 Å². The van der Waals surface area contributed by atoms with Crippen LogP contribution in [0.2, 0.25) is 32.7 Å². The summed E-state index contributed by atoms with van der Waals surface area (Å²) in [4.78, 5) is 0. The molecule has 0 aliphatic carbocycles. The Hall–Kier alpha value is 0.614. The second kappa shape index (κ2) is 3.64. The molecule has 1 aromatic heterocycles. The molecule has 0 radical (unpaired) electrons. The Morgan fingerprint density at radius 3 is 1.92 bits per heavy atom. The van der Waals surface area contributed by atoms with Crippen LogP contribution >= 0.6 is 27.3 Å². The zero-order chi connectivity index (χ0) is 10.3. The van der Waals surface area contributed by atoms with Gasteiger partial charge in [-0.05, 0) is 26.5 Å². The third-order valence-corrected chi connectivity index (χ3v) is 24.1. The first-order valence-electron chi connectivity index (χ1n) is 4.51. The second-order valence-corrected chi connectivity index (χ2v) is 24.3. The molecule has 0 spiro atoms. The van der Waals surface area contributed by atoms with Crippen molar-refractivity contribution in [3.8, 4) is 0 Å². The molecule has 0 saturated heterocycles. The molecule has 1 rings (SSSR count). The molecule has 13 heavy (non-hydrogen) atoms. The maximum Gasteiger partial charge on any atom is 0.0862 e. The second-order valence-electron chi connectivity index (χ2n) is 4.98. The lowest BCUT2D eigenvalue weighted by molar-refractivity contribution is 1.75. The fraction of sp³-hybridized carbons (Fsp3) is 0.556. The summed E-state index contributed by atoms with van der Waals surface area (Å²) in [5.74, 6) is 0. The zero-order valence-electron chi connectivity index (χ0n) is 8.94. The first-order chi connectivity index (χ1) is 5.75. The van der Waals surface area contributed by atoms with Gasteiger partial charge in [-0.2, -0.15) is 0 Å². The van der Waals surface area contributed by atoms with Gasteiger partial charge in [-0.1, -0.05) is 38.8 Å². The molecule has 1 aromatic rings. The summed E-state index contributed by atoms with van der Waals surface area (Å²) < 4.78 is 2.93. The minimum absolute atomic E-state index is 0.984. The van der Waals surface area contributed by atoms with E-state index in [1.807, 2.05) is 11.3 Å². The van der Waals surface area contributed by atoms with Crippen molar-refractivity contribution in [2.45, 2.75) is 32.7 Å². The summed E-state index contributed by atoms with van der Waals surface area (Å²) in [5.41, 5.74) is 0. The maximum atomic E-state index is 3.55. The Labute approximate surface area is 95.3 Å². The van der Waals surface area contributed by atoms with Gasteiger partial charge in [0.2, 0.25) is 0 Å². The van der Waals surface area contributed by atoms with Crippen LogP contribution in [0.3, 0.4) is 0 Å². The number of halogens is 1. The summed E-state index contributed by atoms with van der Waals surface area (Å²) >= 11 is 5.48. The van der Waals surface area contributed by atoms with Crippen LogP contribution in [-0.4, -0.2) is 15.2 Å². The lowest BCUT2D eigenvalue weighted by Gasteiger charge is -2.34. The standard InChI is InChI=1S/C9H17BrSSi2/c1-12(2,3)13(4,5)9-7-6-8(10)11-9/h6-7H,1-5H3. The molecule has 0 fully saturated rings. The van der Waals surface area contributed by atoms with Crippen LogP contribution in [0.5, 0.6) is 0 Å². The summed E-state index contributed by atoms with van der Waals surface area (Å²) in [6.07, 6.45) is 0. The Morgan fingerprint density at radius 2 is 1.62 bits per heavy atom. The molecule has 0 N–H and O–H groups in total. The van der Waals surface area contributed by atoms with Gasteiger partial charge in [0, 0.05) is 7.59 Å². The van der Waals surface area contributed by atoms with Crippen molar-refractivity contribution in [2.24, 2.45) is 0 Å². The van der Waals surface area contributed by atoms with Crippen molar-refractivity contribution in [3.63, 3.8) is 0 Å². The summed E-state index contributed by atoms with van der Waals surface area (Å²) in [6.45, 7) is 12.5. The van der Waals surface area contributed by atoms with Gasteiger partial charge in [-0.15, -0.1) is 11.3 Å². The fourth-order valence-corrected chi connectivity index (χ4v) is 10.9. The fourth-order valence-electron chi connectivity index (χ4n) is 1.02. The molecule has 4 heteroatoms. The van der Waals surface area contributed by atoms with E-state index in [2.05, 4.69) is 60.8 Å². The highest BCUT2D eigenvalue weighted by Gasteiger charge is 2.39. The van der Waals surface area contributed by atoms with Crippen LogP contribution in [0.4, 0.5) is 0 Å². The number of thiophene rings is 1. The van der Waals surface area contributed by atoms with E-state index in [1.54, 1.807) is 4.50 Å². The molecule has 0 saturated carbocycles. The molecule has 0 aliphatic heterocycles. The van der Waals surface area contributed by atoms with Crippen LogP contribution in [0.25, 0.3) is 0 Å². The van der Waals surface area contributed by atoms with Gasteiger partial charge < -0.3 is 0 Å². The van der Waals surface area contributed by atoms with Gasteiger partial charge in [0.25, 0.3) is 0 Å². The molecule has 0 bridgehead atoms. The molecule has 0 aromatic carbocycles. The SMILES string of the molecule is C[Si](C)(C)[Si](C)(C)c1ccc(Br)s1. The predicted molar refractivity (Wildman–Crippen MR) is 72.5 cm³/mol. The molecular formula is C9H17BrSSi2. The average molecular weight is 293 g/mol. The Morgan fingerprint density at radius 1 is 1.08 bits per heavy atom. The third kappa shape index (κ3) is 2.35. The largest absolute Gasteiger partial charge is 0.138 e. The minimum atomic E-state index is -1.13. The lowest BCUT2D eigenvalue weighted by Crippen LogP contribution is -2.60. The lowest BCUT2D eigenvalue weighted by atomic mass is 10.7. The Bertz CT molecular complexity index is 299. The smallest absolute Gasteiger partial charge is 0.0862 e.